The van der Waals surface area contributed by atoms with Crippen molar-refractivity contribution in [3.05, 3.63) is 72.9 Å². The van der Waals surface area contributed by atoms with Gasteiger partial charge in [0, 0.05) is 12.5 Å². The van der Waals surface area contributed by atoms with Crippen molar-refractivity contribution >= 4 is 11.9 Å². The van der Waals surface area contributed by atoms with E-state index in [-0.39, 0.29) is 11.9 Å². The quantitative estimate of drug-likeness (QED) is 0.0290. The van der Waals surface area contributed by atoms with Gasteiger partial charge in [-0.2, -0.15) is 0 Å². The Balaban J connectivity index is 3.76. The summed E-state index contributed by atoms with van der Waals surface area (Å²) in [5, 5.41) is 2.67. The van der Waals surface area contributed by atoms with E-state index in [0.717, 1.165) is 19.3 Å². The molecular weight excluding hydrogens is 542 g/mol. The SMILES string of the molecule is CCCCCCCCCC=CC=CC=CC=CC=CC=CC(=O)NC(C)OC(=O)CCCCCCCCCCCCCCC. The van der Waals surface area contributed by atoms with Crippen molar-refractivity contribution in [3.63, 3.8) is 0 Å². The normalized spacial score (nSPS) is 13.1. The van der Waals surface area contributed by atoms with E-state index in [2.05, 4.69) is 37.4 Å². The second-order valence-corrected chi connectivity index (χ2v) is 11.9. The maximum Gasteiger partial charge on any atom is 0.307 e. The molecule has 0 heterocycles. The van der Waals surface area contributed by atoms with Gasteiger partial charge >= 0.3 is 5.97 Å². The highest BCUT2D eigenvalue weighted by atomic mass is 16.6. The minimum absolute atomic E-state index is 0.252. The van der Waals surface area contributed by atoms with E-state index in [0.29, 0.717) is 6.42 Å². The Morgan fingerprint density at radius 1 is 0.523 bits per heavy atom. The van der Waals surface area contributed by atoms with Crippen LogP contribution in [0, 0.1) is 0 Å². The number of carbonyl (C=O) groups excluding carboxylic acids is 2. The van der Waals surface area contributed by atoms with Gasteiger partial charge in [0.15, 0.2) is 6.23 Å². The summed E-state index contributed by atoms with van der Waals surface area (Å²) in [6.45, 7) is 6.20. The molecule has 250 valence electrons. The Bertz CT molecular complexity index is 834. The zero-order valence-electron chi connectivity index (χ0n) is 28.8. The molecule has 0 aliphatic rings. The van der Waals surface area contributed by atoms with E-state index >= 15 is 0 Å². The zero-order chi connectivity index (χ0) is 32.2. The molecule has 0 spiro atoms. The van der Waals surface area contributed by atoms with Crippen LogP contribution in [-0.2, 0) is 14.3 Å². The molecule has 0 aromatic carbocycles. The lowest BCUT2D eigenvalue weighted by molar-refractivity contribution is -0.150. The molecule has 0 saturated carbocycles. The van der Waals surface area contributed by atoms with Crippen molar-refractivity contribution in [2.45, 2.75) is 168 Å². The number of allylic oxidation sites excluding steroid dienone is 11. The van der Waals surface area contributed by atoms with Gasteiger partial charge in [-0.05, 0) is 26.2 Å². The Kier molecular flexibility index (Phi) is 32.8. The number of hydrogen-bond acceptors (Lipinski definition) is 3. The van der Waals surface area contributed by atoms with Gasteiger partial charge in [-0.15, -0.1) is 0 Å². The van der Waals surface area contributed by atoms with Crippen LogP contribution in [-0.4, -0.2) is 18.1 Å². The average Bonchev–Trinajstić information content (AvgIpc) is 3.00. The summed E-state index contributed by atoms with van der Waals surface area (Å²) >= 11 is 0. The van der Waals surface area contributed by atoms with Crippen molar-refractivity contribution < 1.29 is 14.3 Å². The smallest absolute Gasteiger partial charge is 0.307 e. The van der Waals surface area contributed by atoms with Crippen LogP contribution in [0.1, 0.15) is 162 Å². The van der Waals surface area contributed by atoms with E-state index in [4.69, 9.17) is 4.74 Å². The Morgan fingerprint density at radius 2 is 0.909 bits per heavy atom. The Labute approximate surface area is 272 Å². The minimum Gasteiger partial charge on any atom is -0.442 e. The number of unbranched alkanes of at least 4 members (excludes halogenated alkanes) is 19. The second-order valence-electron chi connectivity index (χ2n) is 11.9. The number of nitrogens with one attached hydrogen (secondary N) is 1. The summed E-state index contributed by atoms with van der Waals surface area (Å²) in [5.74, 6) is -0.540. The van der Waals surface area contributed by atoms with Crippen LogP contribution in [0.3, 0.4) is 0 Å². The van der Waals surface area contributed by atoms with Crippen molar-refractivity contribution in [2.75, 3.05) is 0 Å². The molecule has 0 fully saturated rings. The third-order valence-corrected chi connectivity index (χ3v) is 7.50. The van der Waals surface area contributed by atoms with Gasteiger partial charge in [0.1, 0.15) is 0 Å². The molecule has 1 atom stereocenters. The molecule has 0 rings (SSSR count). The summed E-state index contributed by atoms with van der Waals surface area (Å²) < 4.78 is 5.32. The molecule has 0 radical (unpaired) electrons. The maximum atomic E-state index is 12.1. The molecule has 0 bridgehead atoms. The number of carbonyl (C=O) groups is 2. The van der Waals surface area contributed by atoms with Crippen molar-refractivity contribution in [1.82, 2.24) is 5.32 Å². The molecule has 1 amide bonds. The van der Waals surface area contributed by atoms with Crippen LogP contribution in [0.2, 0.25) is 0 Å². The van der Waals surface area contributed by atoms with Crippen LogP contribution in [0.25, 0.3) is 0 Å². The lowest BCUT2D eigenvalue weighted by Gasteiger charge is -2.13. The van der Waals surface area contributed by atoms with Gasteiger partial charge < -0.3 is 10.1 Å². The second kappa shape index (κ2) is 34.9. The Hall–Kier alpha value is -2.62. The van der Waals surface area contributed by atoms with E-state index < -0.39 is 6.23 Å². The summed E-state index contributed by atoms with van der Waals surface area (Å²) in [5.41, 5.74) is 0. The molecule has 0 aromatic rings. The highest BCUT2D eigenvalue weighted by Gasteiger charge is 2.10. The zero-order valence-corrected chi connectivity index (χ0v) is 28.8. The molecule has 4 nitrogen and oxygen atoms in total. The number of hydrogen-bond donors (Lipinski definition) is 1. The first-order chi connectivity index (χ1) is 21.6. The third kappa shape index (κ3) is 33.9. The standard InChI is InChI=1S/C40H67NO3/c1-4-6-8-10-12-14-16-18-19-20-21-22-23-25-26-28-30-32-34-36-39(42)41-38(3)44-40(43)37-35-33-31-29-27-24-17-15-13-11-9-7-5-2/h19-23,25-26,28,30,32,34,36,38H,4-18,24,27,29,31,33,35,37H2,1-3H3,(H,41,42). The summed E-state index contributed by atoms with van der Waals surface area (Å²) in [6, 6.07) is 0. The highest BCUT2D eigenvalue weighted by Crippen LogP contribution is 2.13. The molecule has 44 heavy (non-hydrogen) atoms. The number of amides is 1. The molecule has 1 unspecified atom stereocenters. The van der Waals surface area contributed by atoms with Crippen LogP contribution < -0.4 is 5.32 Å². The van der Waals surface area contributed by atoms with Gasteiger partial charge in [0.25, 0.3) is 0 Å². The van der Waals surface area contributed by atoms with E-state index in [9.17, 15) is 9.59 Å². The fourth-order valence-electron chi connectivity index (χ4n) is 4.87. The fraction of sp³-hybridized carbons (Fsp3) is 0.650. The number of esters is 1. The predicted molar refractivity (Wildman–Crippen MR) is 191 cm³/mol. The summed E-state index contributed by atoms with van der Waals surface area (Å²) in [6.07, 6.45) is 49.9. The van der Waals surface area contributed by atoms with Crippen molar-refractivity contribution in [1.29, 1.82) is 0 Å². The fourth-order valence-corrected chi connectivity index (χ4v) is 4.87. The summed E-state index contributed by atoms with van der Waals surface area (Å²) in [4.78, 5) is 24.1. The minimum atomic E-state index is -0.640. The number of rotatable bonds is 30. The van der Waals surface area contributed by atoms with Gasteiger partial charge in [0.2, 0.25) is 5.91 Å². The van der Waals surface area contributed by atoms with E-state index in [1.165, 1.54) is 122 Å². The summed E-state index contributed by atoms with van der Waals surface area (Å²) in [7, 11) is 0. The molecule has 1 N–H and O–H groups in total. The van der Waals surface area contributed by atoms with Crippen LogP contribution >= 0.6 is 0 Å². The van der Waals surface area contributed by atoms with Crippen LogP contribution in [0.4, 0.5) is 0 Å². The first-order valence-electron chi connectivity index (χ1n) is 18.1. The van der Waals surface area contributed by atoms with Crippen LogP contribution in [0.15, 0.2) is 72.9 Å². The Morgan fingerprint density at radius 3 is 1.39 bits per heavy atom. The van der Waals surface area contributed by atoms with Crippen molar-refractivity contribution in [2.24, 2.45) is 0 Å². The molecule has 0 saturated heterocycles. The van der Waals surface area contributed by atoms with Gasteiger partial charge in [-0.1, -0.05) is 196 Å². The first-order valence-corrected chi connectivity index (χ1v) is 18.1. The number of ether oxygens (including phenoxy) is 1. The predicted octanol–water partition coefficient (Wildman–Crippen LogP) is 12.0. The third-order valence-electron chi connectivity index (χ3n) is 7.50. The molecule has 0 aromatic heterocycles. The first kappa shape index (κ1) is 41.4. The topological polar surface area (TPSA) is 55.4 Å². The molecule has 0 aliphatic carbocycles. The van der Waals surface area contributed by atoms with Gasteiger partial charge in [-0.25, -0.2) is 0 Å². The highest BCUT2D eigenvalue weighted by molar-refractivity contribution is 5.88. The lowest BCUT2D eigenvalue weighted by atomic mass is 10.0. The molecule has 4 heteroatoms. The average molecular weight is 610 g/mol. The largest absolute Gasteiger partial charge is 0.442 e. The van der Waals surface area contributed by atoms with Gasteiger partial charge in [0.05, 0.1) is 0 Å². The van der Waals surface area contributed by atoms with Crippen molar-refractivity contribution in [3.8, 4) is 0 Å². The van der Waals surface area contributed by atoms with E-state index in [1.807, 2.05) is 36.5 Å². The monoisotopic (exact) mass is 610 g/mol. The molecular formula is C40H67NO3. The maximum absolute atomic E-state index is 12.1. The van der Waals surface area contributed by atoms with Gasteiger partial charge in [-0.3, -0.25) is 9.59 Å². The van der Waals surface area contributed by atoms with Crippen LogP contribution in [0.5, 0.6) is 0 Å². The molecule has 0 aliphatic heterocycles. The lowest BCUT2D eigenvalue weighted by Crippen LogP contribution is -2.35. The van der Waals surface area contributed by atoms with E-state index in [1.54, 1.807) is 19.1 Å².